The summed E-state index contributed by atoms with van der Waals surface area (Å²) >= 11 is 1.39. The monoisotopic (exact) mass is 417 g/mol. The molecule has 1 fully saturated rings. The normalized spacial score (nSPS) is 18.3. The number of primary amides is 1. The van der Waals surface area contributed by atoms with Crippen molar-refractivity contribution in [2.24, 2.45) is 5.73 Å². The highest BCUT2D eigenvalue weighted by Crippen LogP contribution is 2.41. The van der Waals surface area contributed by atoms with E-state index >= 15 is 0 Å². The van der Waals surface area contributed by atoms with Crippen LogP contribution in [0.15, 0.2) is 47.1 Å². The van der Waals surface area contributed by atoms with Gasteiger partial charge in [0.05, 0.1) is 6.26 Å². The van der Waals surface area contributed by atoms with Gasteiger partial charge in [-0.3, -0.25) is 14.4 Å². The van der Waals surface area contributed by atoms with Gasteiger partial charge in [0.15, 0.2) is 6.61 Å². The van der Waals surface area contributed by atoms with Gasteiger partial charge in [-0.1, -0.05) is 0 Å². The summed E-state index contributed by atoms with van der Waals surface area (Å²) in [6.07, 6.45) is 1.50. The summed E-state index contributed by atoms with van der Waals surface area (Å²) in [6.45, 7) is 0.860. The Hall–Kier alpha value is -3.27. The van der Waals surface area contributed by atoms with Crippen LogP contribution in [-0.2, 0) is 19.1 Å². The highest BCUT2D eigenvalue weighted by molar-refractivity contribution is 7.99. The third-order valence-corrected chi connectivity index (χ3v) is 5.50. The molecule has 3 amide bonds. The number of rotatable bonds is 6. The molecule has 0 radical (unpaired) electrons. The lowest BCUT2D eigenvalue weighted by molar-refractivity contribution is -0.155. The zero-order valence-corrected chi connectivity index (χ0v) is 16.3. The van der Waals surface area contributed by atoms with Gasteiger partial charge in [0.1, 0.15) is 17.2 Å². The predicted molar refractivity (Wildman–Crippen MR) is 105 cm³/mol. The Balaban J connectivity index is 1.56. The topological polar surface area (TPSA) is 132 Å². The van der Waals surface area contributed by atoms with Crippen LogP contribution >= 0.6 is 11.8 Å². The van der Waals surface area contributed by atoms with Crippen molar-refractivity contribution in [1.82, 2.24) is 4.90 Å². The van der Waals surface area contributed by atoms with Crippen molar-refractivity contribution in [2.45, 2.75) is 18.3 Å². The van der Waals surface area contributed by atoms with Crippen LogP contribution in [-0.4, -0.2) is 47.0 Å². The maximum Gasteiger partial charge on any atom is 0.330 e. The maximum atomic E-state index is 12.5. The molecule has 3 N–H and O–H groups in total. The summed E-state index contributed by atoms with van der Waals surface area (Å²) in [5, 5.41) is 2.13. The summed E-state index contributed by atoms with van der Waals surface area (Å²) in [7, 11) is 0. The van der Waals surface area contributed by atoms with Crippen LogP contribution in [0.2, 0.25) is 0 Å². The molecule has 2 heterocycles. The smallest absolute Gasteiger partial charge is 0.330 e. The van der Waals surface area contributed by atoms with E-state index in [1.54, 1.807) is 12.1 Å². The number of nitrogens with two attached hydrogens (primary N) is 1. The fourth-order valence-electron chi connectivity index (χ4n) is 2.87. The zero-order chi connectivity index (χ0) is 21.0. The van der Waals surface area contributed by atoms with E-state index in [0.717, 1.165) is 0 Å². The van der Waals surface area contributed by atoms with Gasteiger partial charge < -0.3 is 25.1 Å². The average molecular weight is 417 g/mol. The first-order valence-electron chi connectivity index (χ1n) is 8.67. The number of hydrogen-bond acceptors (Lipinski definition) is 7. The Morgan fingerprint density at radius 1 is 1.24 bits per heavy atom. The molecule has 0 spiro atoms. The first-order chi connectivity index (χ1) is 13.9. The Kier molecular flexibility index (Phi) is 6.23. The molecule has 1 aromatic carbocycles. The number of thioether (sulfide) groups is 1. The van der Waals surface area contributed by atoms with Gasteiger partial charge in [0.25, 0.3) is 5.91 Å². The van der Waals surface area contributed by atoms with Gasteiger partial charge in [-0.15, -0.1) is 11.8 Å². The molecule has 29 heavy (non-hydrogen) atoms. The quantitative estimate of drug-likeness (QED) is 0.681. The van der Waals surface area contributed by atoms with E-state index in [4.69, 9.17) is 14.9 Å². The molecular weight excluding hydrogens is 398 g/mol. The summed E-state index contributed by atoms with van der Waals surface area (Å²) in [4.78, 5) is 49.0. The molecule has 1 saturated heterocycles. The van der Waals surface area contributed by atoms with E-state index < -0.39 is 35.8 Å². The van der Waals surface area contributed by atoms with Gasteiger partial charge in [-0.05, 0) is 36.4 Å². The lowest BCUT2D eigenvalue weighted by Crippen LogP contribution is -2.43. The van der Waals surface area contributed by atoms with Gasteiger partial charge in [-0.2, -0.15) is 0 Å². The largest absolute Gasteiger partial charge is 0.466 e. The van der Waals surface area contributed by atoms with Crippen molar-refractivity contribution >= 4 is 41.1 Å². The highest BCUT2D eigenvalue weighted by Gasteiger charge is 2.43. The van der Waals surface area contributed by atoms with E-state index in [9.17, 15) is 19.2 Å². The van der Waals surface area contributed by atoms with Crippen LogP contribution in [0.1, 0.15) is 28.4 Å². The second-order valence-electron chi connectivity index (χ2n) is 6.24. The van der Waals surface area contributed by atoms with Crippen molar-refractivity contribution < 1.29 is 28.3 Å². The summed E-state index contributed by atoms with van der Waals surface area (Å²) in [5.74, 6) is -1.18. The number of furan rings is 1. The molecule has 0 saturated carbocycles. The maximum absolute atomic E-state index is 12.5. The molecule has 0 unspecified atom stereocenters. The Bertz CT molecular complexity index is 913. The molecule has 1 aliphatic rings. The number of nitrogens with one attached hydrogen (secondary N) is 1. The number of nitrogens with zero attached hydrogens (tertiary/aromatic N) is 1. The number of esters is 1. The minimum absolute atomic E-state index is 0.294. The predicted octanol–water partition coefficient (Wildman–Crippen LogP) is 1.52. The van der Waals surface area contributed by atoms with Crippen LogP contribution in [0.25, 0.3) is 0 Å². The van der Waals surface area contributed by atoms with Crippen LogP contribution in [0.4, 0.5) is 5.69 Å². The number of carbonyl (C=O) groups excluding carboxylic acids is 4. The third kappa shape index (κ3) is 4.77. The number of amides is 3. The molecule has 2 aromatic rings. The summed E-state index contributed by atoms with van der Waals surface area (Å²) < 4.78 is 10.5. The fourth-order valence-corrected chi connectivity index (χ4v) is 4.29. The van der Waals surface area contributed by atoms with Crippen LogP contribution in [0.3, 0.4) is 0 Å². The third-order valence-electron chi connectivity index (χ3n) is 4.22. The number of anilines is 1. The van der Waals surface area contributed by atoms with Crippen molar-refractivity contribution in [3.8, 4) is 0 Å². The van der Waals surface area contributed by atoms with Gasteiger partial charge in [-0.25, -0.2) is 4.79 Å². The molecule has 0 bridgehead atoms. The van der Waals surface area contributed by atoms with Crippen molar-refractivity contribution in [3.63, 3.8) is 0 Å². The van der Waals surface area contributed by atoms with Gasteiger partial charge in [0.2, 0.25) is 11.8 Å². The molecule has 3 rings (SSSR count). The van der Waals surface area contributed by atoms with Crippen molar-refractivity contribution in [3.05, 3.63) is 54.0 Å². The van der Waals surface area contributed by atoms with E-state index in [-0.39, 0.29) is 5.91 Å². The minimum Gasteiger partial charge on any atom is -0.466 e. The van der Waals surface area contributed by atoms with Crippen LogP contribution in [0, 0.1) is 0 Å². The fraction of sp³-hybridized carbons (Fsp3) is 0.263. The van der Waals surface area contributed by atoms with Gasteiger partial charge in [0, 0.05) is 23.9 Å². The zero-order valence-electron chi connectivity index (χ0n) is 15.5. The summed E-state index contributed by atoms with van der Waals surface area (Å²) in [5.41, 5.74) is 5.90. The second-order valence-corrected chi connectivity index (χ2v) is 7.35. The molecule has 2 atom stereocenters. The lowest BCUT2D eigenvalue weighted by Gasteiger charge is -2.25. The summed E-state index contributed by atoms with van der Waals surface area (Å²) in [6, 6.07) is 8.60. The molecule has 9 nitrogen and oxygen atoms in total. The molecule has 152 valence electrons. The standard InChI is InChI=1S/C19H19N3O6S/c1-11(23)22-14(10-29-18(22)15-3-2-8-27-15)19(26)28-9-16(24)21-13-6-4-12(5-7-13)17(20)25/h2-8,14,18H,9-10H2,1H3,(H2,20,25)(H,21,24)/t14-,18+/m0/s1. The lowest BCUT2D eigenvalue weighted by atomic mass is 10.2. The Morgan fingerprint density at radius 2 is 1.97 bits per heavy atom. The van der Waals surface area contributed by atoms with E-state index in [1.165, 1.54) is 54.1 Å². The Morgan fingerprint density at radius 3 is 2.55 bits per heavy atom. The number of hydrogen-bond donors (Lipinski definition) is 2. The minimum atomic E-state index is -0.810. The number of carbonyl (C=O) groups is 4. The Labute approximate surface area is 170 Å². The van der Waals surface area contributed by atoms with Crippen LogP contribution in [0.5, 0.6) is 0 Å². The van der Waals surface area contributed by atoms with Crippen molar-refractivity contribution in [2.75, 3.05) is 17.7 Å². The number of benzene rings is 1. The van der Waals surface area contributed by atoms with E-state index in [0.29, 0.717) is 22.8 Å². The molecule has 10 heteroatoms. The van der Waals surface area contributed by atoms with Gasteiger partial charge >= 0.3 is 5.97 Å². The SMILES string of the molecule is CC(=O)N1[C@@H](c2ccco2)SC[C@H]1C(=O)OCC(=O)Nc1ccc(C(N)=O)cc1. The highest BCUT2D eigenvalue weighted by atomic mass is 32.2. The molecular formula is C19H19N3O6S. The molecule has 1 aromatic heterocycles. The number of ether oxygens (including phenoxy) is 1. The second kappa shape index (κ2) is 8.82. The first kappa shape index (κ1) is 20.5. The molecule has 0 aliphatic carbocycles. The van der Waals surface area contributed by atoms with E-state index in [1.807, 2.05) is 0 Å². The van der Waals surface area contributed by atoms with Crippen LogP contribution < -0.4 is 11.1 Å². The average Bonchev–Trinajstić information content (AvgIpc) is 3.35. The van der Waals surface area contributed by atoms with Crippen molar-refractivity contribution in [1.29, 1.82) is 0 Å². The van der Waals surface area contributed by atoms with E-state index in [2.05, 4.69) is 5.32 Å². The first-order valence-corrected chi connectivity index (χ1v) is 9.72. The molecule has 1 aliphatic heterocycles.